The first-order valence-electron chi connectivity index (χ1n) is 10.0. The highest BCUT2D eigenvalue weighted by molar-refractivity contribution is 6.04. The highest BCUT2D eigenvalue weighted by Gasteiger charge is 2.20. The van der Waals surface area contributed by atoms with Gasteiger partial charge < -0.3 is 9.64 Å². The Labute approximate surface area is 174 Å². The van der Waals surface area contributed by atoms with Gasteiger partial charge in [0.1, 0.15) is 0 Å². The second kappa shape index (κ2) is 9.52. The monoisotopic (exact) mass is 411 g/mol. The minimum atomic E-state index is -0.483. The van der Waals surface area contributed by atoms with Crippen molar-refractivity contribution in [1.82, 2.24) is 14.7 Å². The fourth-order valence-electron chi connectivity index (χ4n) is 3.39. The van der Waals surface area contributed by atoms with Crippen molar-refractivity contribution in [3.63, 3.8) is 0 Å². The third-order valence-electron chi connectivity index (χ3n) is 5.03. The molecule has 0 N–H and O–H groups in total. The van der Waals surface area contributed by atoms with E-state index < -0.39 is 5.82 Å². The maximum absolute atomic E-state index is 14.0. The molecule has 0 atom stereocenters. The van der Waals surface area contributed by atoms with Crippen LogP contribution >= 0.6 is 0 Å². The van der Waals surface area contributed by atoms with Gasteiger partial charge in [-0.2, -0.15) is 5.10 Å². The molecule has 1 heterocycles. The summed E-state index contributed by atoms with van der Waals surface area (Å²) in [6.07, 6.45) is 2.82. The average molecular weight is 411 g/mol. The Bertz CT molecular complexity index is 1110. The second-order valence-corrected chi connectivity index (χ2v) is 7.26. The first kappa shape index (κ1) is 21.5. The van der Waals surface area contributed by atoms with E-state index in [1.54, 1.807) is 37.4 Å². The van der Waals surface area contributed by atoms with Crippen molar-refractivity contribution in [2.45, 2.75) is 39.3 Å². The fraction of sp³-hybridized carbons (Fsp3) is 0.348. The zero-order chi connectivity index (χ0) is 21.7. The van der Waals surface area contributed by atoms with Crippen molar-refractivity contribution in [2.75, 3.05) is 14.2 Å². The minimum Gasteiger partial charge on any atom is -0.494 e. The molecule has 0 fully saturated rings. The molecule has 30 heavy (non-hydrogen) atoms. The molecule has 158 valence electrons. The predicted molar refractivity (Wildman–Crippen MR) is 114 cm³/mol. The number of hydrogen-bond acceptors (Lipinski definition) is 4. The van der Waals surface area contributed by atoms with Gasteiger partial charge in [0.2, 0.25) is 0 Å². The van der Waals surface area contributed by atoms with E-state index in [2.05, 4.69) is 12.0 Å². The molecule has 1 amide bonds. The van der Waals surface area contributed by atoms with Crippen LogP contribution in [0.3, 0.4) is 0 Å². The summed E-state index contributed by atoms with van der Waals surface area (Å²) >= 11 is 0. The van der Waals surface area contributed by atoms with Gasteiger partial charge in [-0.1, -0.05) is 44.0 Å². The van der Waals surface area contributed by atoms with Crippen molar-refractivity contribution in [1.29, 1.82) is 0 Å². The zero-order valence-electron chi connectivity index (χ0n) is 17.5. The highest BCUT2D eigenvalue weighted by Crippen LogP contribution is 2.20. The van der Waals surface area contributed by atoms with E-state index in [0.717, 1.165) is 19.3 Å². The summed E-state index contributed by atoms with van der Waals surface area (Å²) in [6, 6.07) is 11.6. The van der Waals surface area contributed by atoms with Crippen LogP contribution < -0.4 is 10.3 Å². The van der Waals surface area contributed by atoms with Crippen LogP contribution in [-0.2, 0) is 13.1 Å². The summed E-state index contributed by atoms with van der Waals surface area (Å²) in [6.45, 7) is 2.75. The Morgan fingerprint density at radius 3 is 2.57 bits per heavy atom. The van der Waals surface area contributed by atoms with Crippen molar-refractivity contribution in [3.05, 3.63) is 69.9 Å². The van der Waals surface area contributed by atoms with Crippen LogP contribution in [0.15, 0.2) is 47.3 Å². The summed E-state index contributed by atoms with van der Waals surface area (Å²) in [5.41, 5.74) is 0.654. The maximum Gasteiger partial charge on any atom is 0.274 e. The van der Waals surface area contributed by atoms with Crippen molar-refractivity contribution in [3.8, 4) is 5.75 Å². The third kappa shape index (κ3) is 4.50. The minimum absolute atomic E-state index is 0.152. The number of rotatable bonds is 8. The zero-order valence-corrected chi connectivity index (χ0v) is 17.5. The Morgan fingerprint density at radius 1 is 1.17 bits per heavy atom. The van der Waals surface area contributed by atoms with E-state index in [9.17, 15) is 14.0 Å². The van der Waals surface area contributed by atoms with E-state index in [-0.39, 0.29) is 29.5 Å². The molecule has 0 unspecified atom stereocenters. The Morgan fingerprint density at radius 2 is 1.90 bits per heavy atom. The number of aromatic nitrogens is 2. The molecule has 7 heteroatoms. The van der Waals surface area contributed by atoms with E-state index in [4.69, 9.17) is 4.74 Å². The third-order valence-corrected chi connectivity index (χ3v) is 5.03. The predicted octanol–water partition coefficient (Wildman–Crippen LogP) is 4.01. The number of methoxy groups -OCH3 is 1. The lowest BCUT2D eigenvalue weighted by molar-refractivity contribution is 0.0778. The molecule has 0 aliphatic rings. The lowest BCUT2D eigenvalue weighted by Crippen LogP contribution is -2.32. The van der Waals surface area contributed by atoms with Gasteiger partial charge in [0.05, 0.1) is 12.5 Å². The summed E-state index contributed by atoms with van der Waals surface area (Å²) in [5, 5.41) is 5.39. The number of halogens is 1. The molecule has 6 nitrogen and oxygen atoms in total. The van der Waals surface area contributed by atoms with Crippen LogP contribution in [-0.4, -0.2) is 34.7 Å². The van der Waals surface area contributed by atoms with Gasteiger partial charge in [-0.25, -0.2) is 9.07 Å². The standard InChI is InChI=1S/C23H26FN3O3/c1-4-5-8-13-27-22(28)18-10-7-6-9-17(18)21(25-27)23(29)26(2)15-16-11-12-20(30-3)19(24)14-16/h6-7,9-12,14H,4-5,8,13,15H2,1-3H3. The number of carbonyl (C=O) groups excluding carboxylic acids is 1. The number of ether oxygens (including phenoxy) is 1. The van der Waals surface area contributed by atoms with E-state index >= 15 is 0 Å². The molecule has 0 saturated heterocycles. The molecule has 3 aromatic rings. The molecule has 1 aromatic heterocycles. The number of nitrogens with zero attached hydrogens (tertiary/aromatic N) is 3. The molecule has 0 aliphatic heterocycles. The van der Waals surface area contributed by atoms with Crippen molar-refractivity contribution < 1.29 is 13.9 Å². The SMILES string of the molecule is CCCCCn1nc(C(=O)N(C)Cc2ccc(OC)c(F)c2)c2ccccc2c1=O. The van der Waals surface area contributed by atoms with Crippen LogP contribution in [0.1, 0.15) is 42.2 Å². The smallest absolute Gasteiger partial charge is 0.274 e. The van der Waals surface area contributed by atoms with E-state index in [0.29, 0.717) is 22.9 Å². The number of benzene rings is 2. The molecular weight excluding hydrogens is 385 g/mol. The van der Waals surface area contributed by atoms with Crippen LogP contribution in [0, 0.1) is 5.82 Å². The quantitative estimate of drug-likeness (QED) is 0.526. The molecular formula is C23H26FN3O3. The van der Waals surface area contributed by atoms with Gasteiger partial charge in [-0.15, -0.1) is 0 Å². The summed E-state index contributed by atoms with van der Waals surface area (Å²) in [4.78, 5) is 27.4. The number of unbranched alkanes of at least 4 members (excludes halogenated alkanes) is 2. The molecule has 3 rings (SSSR count). The van der Waals surface area contributed by atoms with Gasteiger partial charge in [0, 0.05) is 25.5 Å². The molecule has 0 bridgehead atoms. The molecule has 2 aromatic carbocycles. The van der Waals surface area contributed by atoms with Crippen LogP contribution in [0.4, 0.5) is 4.39 Å². The molecule has 0 saturated carbocycles. The van der Waals surface area contributed by atoms with Gasteiger partial charge in [0.15, 0.2) is 17.3 Å². The largest absolute Gasteiger partial charge is 0.494 e. The van der Waals surface area contributed by atoms with Crippen molar-refractivity contribution in [2.24, 2.45) is 0 Å². The molecule has 0 radical (unpaired) electrons. The average Bonchev–Trinajstić information content (AvgIpc) is 2.75. The Balaban J connectivity index is 1.93. The Hall–Kier alpha value is -3.22. The number of fused-ring (bicyclic) bond motifs is 1. The van der Waals surface area contributed by atoms with E-state index in [1.807, 2.05) is 0 Å². The fourth-order valence-corrected chi connectivity index (χ4v) is 3.39. The molecule has 0 aliphatic carbocycles. The number of aryl methyl sites for hydroxylation is 1. The summed E-state index contributed by atoms with van der Waals surface area (Å²) < 4.78 is 20.3. The maximum atomic E-state index is 14.0. The number of carbonyl (C=O) groups is 1. The van der Waals surface area contributed by atoms with Crippen LogP contribution in [0.5, 0.6) is 5.75 Å². The van der Waals surface area contributed by atoms with Gasteiger partial charge in [0.25, 0.3) is 11.5 Å². The number of hydrogen-bond donors (Lipinski definition) is 0. The second-order valence-electron chi connectivity index (χ2n) is 7.26. The Kier molecular flexibility index (Phi) is 6.82. The highest BCUT2D eigenvalue weighted by atomic mass is 19.1. The van der Waals surface area contributed by atoms with Crippen LogP contribution in [0.2, 0.25) is 0 Å². The van der Waals surface area contributed by atoms with Gasteiger partial charge in [-0.05, 0) is 30.2 Å². The van der Waals surface area contributed by atoms with Crippen LogP contribution in [0.25, 0.3) is 10.8 Å². The topological polar surface area (TPSA) is 64.4 Å². The lowest BCUT2D eigenvalue weighted by Gasteiger charge is -2.19. The van der Waals surface area contributed by atoms with Gasteiger partial charge in [-0.3, -0.25) is 9.59 Å². The summed E-state index contributed by atoms with van der Waals surface area (Å²) in [7, 11) is 3.04. The van der Waals surface area contributed by atoms with E-state index in [1.165, 1.54) is 28.8 Å². The summed E-state index contributed by atoms with van der Waals surface area (Å²) in [5.74, 6) is -0.657. The first-order chi connectivity index (χ1) is 14.5. The van der Waals surface area contributed by atoms with Gasteiger partial charge >= 0.3 is 0 Å². The molecule has 0 spiro atoms. The lowest BCUT2D eigenvalue weighted by atomic mass is 10.1. The number of amides is 1. The normalized spacial score (nSPS) is 10.9. The first-order valence-corrected chi connectivity index (χ1v) is 10.0. The van der Waals surface area contributed by atoms with Crippen molar-refractivity contribution >= 4 is 16.7 Å².